The first-order chi connectivity index (χ1) is 8.99. The first-order valence-corrected chi connectivity index (χ1v) is 6.32. The predicted molar refractivity (Wildman–Crippen MR) is 73.3 cm³/mol. The second-order valence-corrected chi connectivity index (χ2v) is 4.55. The zero-order chi connectivity index (χ0) is 14.4. The van der Waals surface area contributed by atoms with Gasteiger partial charge in [-0.2, -0.15) is 0 Å². The third kappa shape index (κ3) is 4.18. The van der Waals surface area contributed by atoms with Gasteiger partial charge in [0.1, 0.15) is 5.56 Å². The Labute approximate surface area is 116 Å². The molecule has 0 bridgehead atoms. The van der Waals surface area contributed by atoms with Crippen LogP contribution in [-0.2, 0) is 0 Å². The maximum absolute atomic E-state index is 12.0. The second-order valence-electron chi connectivity index (χ2n) is 4.11. The predicted octanol–water partition coefficient (Wildman–Crippen LogP) is 2.11. The van der Waals surface area contributed by atoms with Crippen molar-refractivity contribution in [1.29, 1.82) is 0 Å². The molecule has 0 aliphatic rings. The molecule has 1 atom stereocenters. The van der Waals surface area contributed by atoms with E-state index in [0.29, 0.717) is 0 Å². The lowest BCUT2D eigenvalue weighted by atomic mass is 10.1. The van der Waals surface area contributed by atoms with Crippen molar-refractivity contribution >= 4 is 23.2 Å². The van der Waals surface area contributed by atoms with Crippen LogP contribution in [0.3, 0.4) is 0 Å². The number of nitrogens with two attached hydrogens (primary N) is 1. The average molecular weight is 286 g/mol. The normalized spacial score (nSPS) is 11.9. The standard InChI is InChI=1S/C12H16ClN3O3/c1-2-3-9(7-14)15-12(17)10-6-8(13)4-5-11(10)16(18)19/h4-6,9H,2-3,7,14H2,1H3,(H,15,17). The molecule has 0 saturated carbocycles. The van der Waals surface area contributed by atoms with Gasteiger partial charge < -0.3 is 11.1 Å². The summed E-state index contributed by atoms with van der Waals surface area (Å²) in [6.07, 6.45) is 1.58. The number of carbonyl (C=O) groups excluding carboxylic acids is 1. The van der Waals surface area contributed by atoms with Crippen LogP contribution in [0.2, 0.25) is 5.02 Å². The largest absolute Gasteiger partial charge is 0.348 e. The van der Waals surface area contributed by atoms with Crippen LogP contribution in [0.15, 0.2) is 18.2 Å². The fourth-order valence-corrected chi connectivity index (χ4v) is 1.88. The number of nitrogens with one attached hydrogen (secondary N) is 1. The minimum atomic E-state index is -0.609. The third-order valence-corrected chi connectivity index (χ3v) is 2.89. The number of carbonyl (C=O) groups is 1. The molecular formula is C12H16ClN3O3. The summed E-state index contributed by atoms with van der Waals surface area (Å²) >= 11 is 5.77. The van der Waals surface area contributed by atoms with E-state index in [1.54, 1.807) is 0 Å². The number of hydrogen-bond acceptors (Lipinski definition) is 4. The molecule has 1 aromatic carbocycles. The molecular weight excluding hydrogens is 270 g/mol. The van der Waals surface area contributed by atoms with Crippen molar-refractivity contribution in [3.63, 3.8) is 0 Å². The first-order valence-electron chi connectivity index (χ1n) is 5.94. The Morgan fingerprint density at radius 2 is 2.26 bits per heavy atom. The van der Waals surface area contributed by atoms with Gasteiger partial charge >= 0.3 is 0 Å². The summed E-state index contributed by atoms with van der Waals surface area (Å²) < 4.78 is 0. The van der Waals surface area contributed by atoms with Crippen LogP contribution in [0.25, 0.3) is 0 Å². The fraction of sp³-hybridized carbons (Fsp3) is 0.417. The van der Waals surface area contributed by atoms with E-state index in [0.717, 1.165) is 12.8 Å². The molecule has 0 aromatic heterocycles. The summed E-state index contributed by atoms with van der Waals surface area (Å²) in [5.74, 6) is -0.530. The molecule has 0 saturated heterocycles. The van der Waals surface area contributed by atoms with Gasteiger partial charge in [-0.3, -0.25) is 14.9 Å². The minimum Gasteiger partial charge on any atom is -0.348 e. The highest BCUT2D eigenvalue weighted by Crippen LogP contribution is 2.22. The average Bonchev–Trinajstić information content (AvgIpc) is 2.37. The quantitative estimate of drug-likeness (QED) is 0.617. The molecule has 0 aliphatic heterocycles. The molecule has 1 rings (SSSR count). The first kappa shape index (κ1) is 15.4. The molecule has 104 valence electrons. The van der Waals surface area contributed by atoms with Gasteiger partial charge in [0.05, 0.1) is 4.92 Å². The van der Waals surface area contributed by atoms with E-state index in [4.69, 9.17) is 17.3 Å². The van der Waals surface area contributed by atoms with Crippen LogP contribution in [0.4, 0.5) is 5.69 Å². The summed E-state index contributed by atoms with van der Waals surface area (Å²) in [5.41, 5.74) is 5.22. The fourth-order valence-electron chi connectivity index (χ4n) is 1.71. The van der Waals surface area contributed by atoms with E-state index >= 15 is 0 Å². The Hall–Kier alpha value is -1.66. The van der Waals surface area contributed by atoms with Gasteiger partial charge in [0, 0.05) is 23.7 Å². The lowest BCUT2D eigenvalue weighted by Gasteiger charge is -2.15. The number of hydrogen-bond donors (Lipinski definition) is 2. The van der Waals surface area contributed by atoms with Gasteiger partial charge in [0.15, 0.2) is 0 Å². The number of nitro groups is 1. The van der Waals surface area contributed by atoms with Crippen LogP contribution in [0, 0.1) is 10.1 Å². The highest BCUT2D eigenvalue weighted by atomic mass is 35.5. The Balaban J connectivity index is 2.98. The molecule has 0 fully saturated rings. The van der Waals surface area contributed by atoms with Gasteiger partial charge in [-0.1, -0.05) is 24.9 Å². The lowest BCUT2D eigenvalue weighted by Crippen LogP contribution is -2.40. The van der Waals surface area contributed by atoms with Crippen molar-refractivity contribution in [3.8, 4) is 0 Å². The Morgan fingerprint density at radius 3 is 2.79 bits per heavy atom. The van der Waals surface area contributed by atoms with Crippen LogP contribution in [-0.4, -0.2) is 23.4 Å². The van der Waals surface area contributed by atoms with Gasteiger partial charge in [0.25, 0.3) is 11.6 Å². The summed E-state index contributed by atoms with van der Waals surface area (Å²) in [6, 6.07) is 3.68. The summed E-state index contributed by atoms with van der Waals surface area (Å²) in [5, 5.41) is 13.8. The van der Waals surface area contributed by atoms with Crippen LogP contribution >= 0.6 is 11.6 Å². The molecule has 0 spiro atoms. The molecule has 6 nitrogen and oxygen atoms in total. The molecule has 7 heteroatoms. The zero-order valence-electron chi connectivity index (χ0n) is 10.6. The van der Waals surface area contributed by atoms with Crippen molar-refractivity contribution in [1.82, 2.24) is 5.32 Å². The molecule has 0 heterocycles. The summed E-state index contributed by atoms with van der Waals surface area (Å²) in [7, 11) is 0. The monoisotopic (exact) mass is 285 g/mol. The van der Waals surface area contributed by atoms with Gasteiger partial charge in [-0.05, 0) is 18.6 Å². The Morgan fingerprint density at radius 1 is 1.58 bits per heavy atom. The second kappa shape index (κ2) is 7.06. The number of nitrogens with zero attached hydrogens (tertiary/aromatic N) is 1. The highest BCUT2D eigenvalue weighted by molar-refractivity contribution is 6.31. The van der Waals surface area contributed by atoms with E-state index in [9.17, 15) is 14.9 Å². The van der Waals surface area contributed by atoms with Crippen LogP contribution in [0.1, 0.15) is 30.1 Å². The smallest absolute Gasteiger partial charge is 0.282 e. The SMILES string of the molecule is CCCC(CN)NC(=O)c1cc(Cl)ccc1[N+](=O)[O-]. The van der Waals surface area contributed by atoms with E-state index in [1.165, 1.54) is 18.2 Å². The lowest BCUT2D eigenvalue weighted by molar-refractivity contribution is -0.385. The zero-order valence-corrected chi connectivity index (χ0v) is 11.3. The maximum Gasteiger partial charge on any atom is 0.282 e. The Kier molecular flexibility index (Phi) is 5.72. The molecule has 1 amide bonds. The number of amides is 1. The minimum absolute atomic E-state index is 0.0490. The Bertz CT molecular complexity index is 479. The number of rotatable bonds is 6. The molecule has 1 aromatic rings. The van der Waals surface area contributed by atoms with Crippen LogP contribution < -0.4 is 11.1 Å². The molecule has 0 aliphatic carbocycles. The van der Waals surface area contributed by atoms with E-state index in [1.807, 2.05) is 6.92 Å². The number of halogens is 1. The van der Waals surface area contributed by atoms with Gasteiger partial charge in [0.2, 0.25) is 0 Å². The van der Waals surface area contributed by atoms with Crippen molar-refractivity contribution in [2.45, 2.75) is 25.8 Å². The number of benzene rings is 1. The maximum atomic E-state index is 12.0. The summed E-state index contributed by atoms with van der Waals surface area (Å²) in [4.78, 5) is 22.3. The van der Waals surface area contributed by atoms with E-state index < -0.39 is 10.8 Å². The van der Waals surface area contributed by atoms with Crippen LogP contribution in [0.5, 0.6) is 0 Å². The molecule has 1 unspecified atom stereocenters. The van der Waals surface area contributed by atoms with Crippen molar-refractivity contribution in [3.05, 3.63) is 38.9 Å². The topological polar surface area (TPSA) is 98.3 Å². The molecule has 3 N–H and O–H groups in total. The van der Waals surface area contributed by atoms with Crippen molar-refractivity contribution < 1.29 is 9.72 Å². The third-order valence-electron chi connectivity index (χ3n) is 2.66. The van der Waals surface area contributed by atoms with Crippen molar-refractivity contribution in [2.75, 3.05) is 6.54 Å². The number of nitro benzene ring substituents is 1. The molecule has 19 heavy (non-hydrogen) atoms. The van der Waals surface area contributed by atoms with E-state index in [-0.39, 0.29) is 28.9 Å². The summed E-state index contributed by atoms with van der Waals surface area (Å²) in [6.45, 7) is 2.25. The van der Waals surface area contributed by atoms with Gasteiger partial charge in [-0.15, -0.1) is 0 Å². The molecule has 0 radical (unpaired) electrons. The van der Waals surface area contributed by atoms with E-state index in [2.05, 4.69) is 5.32 Å². The van der Waals surface area contributed by atoms with Crippen molar-refractivity contribution in [2.24, 2.45) is 5.73 Å². The van der Waals surface area contributed by atoms with Gasteiger partial charge in [-0.25, -0.2) is 0 Å². The highest BCUT2D eigenvalue weighted by Gasteiger charge is 2.22.